The smallest absolute Gasteiger partial charge is 0.277 e. The Bertz CT molecular complexity index is 1080. The van der Waals surface area contributed by atoms with E-state index in [-0.39, 0.29) is 11.5 Å². The molecule has 6 heteroatoms. The number of ketones is 1. The molecule has 0 spiro atoms. The number of aromatic nitrogens is 3. The largest absolute Gasteiger partial charge is 0.411 e. The molecule has 0 unspecified atom stereocenters. The van der Waals surface area contributed by atoms with E-state index in [0.29, 0.717) is 16.7 Å². The zero-order chi connectivity index (χ0) is 18.1. The molecule has 2 heterocycles. The molecule has 4 aromatic rings. The molecule has 0 aliphatic carbocycles. The number of H-pyrrole nitrogens is 1. The van der Waals surface area contributed by atoms with Gasteiger partial charge in [0.1, 0.15) is 0 Å². The number of nitrogens with one attached hydrogen (secondary N) is 1. The van der Waals surface area contributed by atoms with E-state index in [1.807, 2.05) is 50.2 Å². The molecule has 130 valence electrons. The lowest BCUT2D eigenvalue weighted by atomic mass is 10.1. The predicted molar refractivity (Wildman–Crippen MR) is 103 cm³/mol. The monoisotopic (exact) mass is 363 g/mol. The summed E-state index contributed by atoms with van der Waals surface area (Å²) in [5, 5.41) is 9.48. The average molecular weight is 363 g/mol. The molecule has 0 amide bonds. The number of benzene rings is 2. The fourth-order valence-electron chi connectivity index (χ4n) is 2.99. The Kier molecular flexibility index (Phi) is 4.34. The van der Waals surface area contributed by atoms with Gasteiger partial charge in [-0.1, -0.05) is 47.2 Å². The van der Waals surface area contributed by atoms with Gasteiger partial charge in [-0.3, -0.25) is 4.79 Å². The zero-order valence-corrected chi connectivity index (χ0v) is 15.3. The number of carbonyl (C=O) groups excluding carboxylic acids is 1. The second-order valence-corrected chi connectivity index (χ2v) is 7.14. The van der Waals surface area contributed by atoms with Gasteiger partial charge in [-0.05, 0) is 32.0 Å². The van der Waals surface area contributed by atoms with Crippen molar-refractivity contribution in [3.8, 4) is 11.5 Å². The SMILES string of the molecule is Cc1cc(C)cc(-c2nnc(SCC(=O)c3c[nH]c4ccccc34)o2)c1. The van der Waals surface area contributed by atoms with Crippen LogP contribution in [-0.2, 0) is 0 Å². The molecule has 26 heavy (non-hydrogen) atoms. The van der Waals surface area contributed by atoms with Gasteiger partial charge in [-0.2, -0.15) is 0 Å². The minimum atomic E-state index is 0.0265. The number of aromatic amines is 1. The van der Waals surface area contributed by atoms with Crippen LogP contribution in [0.2, 0.25) is 0 Å². The summed E-state index contributed by atoms with van der Waals surface area (Å²) in [6.07, 6.45) is 1.75. The number of hydrogen-bond acceptors (Lipinski definition) is 5. The van der Waals surface area contributed by atoms with Crippen molar-refractivity contribution in [1.29, 1.82) is 0 Å². The van der Waals surface area contributed by atoms with Crippen LogP contribution in [0.15, 0.2) is 58.3 Å². The predicted octanol–water partition coefficient (Wildman–Crippen LogP) is 4.81. The molecule has 0 atom stereocenters. The van der Waals surface area contributed by atoms with Crippen molar-refractivity contribution in [1.82, 2.24) is 15.2 Å². The topological polar surface area (TPSA) is 71.8 Å². The maximum atomic E-state index is 12.5. The van der Waals surface area contributed by atoms with Crippen molar-refractivity contribution in [3.05, 3.63) is 65.4 Å². The lowest BCUT2D eigenvalue weighted by molar-refractivity contribution is 0.102. The molecule has 1 N–H and O–H groups in total. The average Bonchev–Trinajstić information content (AvgIpc) is 3.26. The highest BCUT2D eigenvalue weighted by atomic mass is 32.2. The Balaban J connectivity index is 1.48. The molecular formula is C20H17N3O2S. The normalized spacial score (nSPS) is 11.2. The van der Waals surface area contributed by atoms with E-state index >= 15 is 0 Å². The molecule has 0 saturated heterocycles. The van der Waals surface area contributed by atoms with E-state index in [1.54, 1.807) is 6.20 Å². The van der Waals surface area contributed by atoms with Crippen molar-refractivity contribution in [3.63, 3.8) is 0 Å². The first kappa shape index (κ1) is 16.6. The highest BCUT2D eigenvalue weighted by Crippen LogP contribution is 2.26. The molecule has 2 aromatic heterocycles. The first-order valence-corrected chi connectivity index (χ1v) is 9.23. The van der Waals surface area contributed by atoms with Crippen LogP contribution < -0.4 is 0 Å². The van der Waals surface area contributed by atoms with E-state index < -0.39 is 0 Å². The number of thioether (sulfide) groups is 1. The summed E-state index contributed by atoms with van der Waals surface area (Å²) >= 11 is 1.26. The van der Waals surface area contributed by atoms with Gasteiger partial charge in [0.05, 0.1) is 5.75 Å². The molecule has 0 aliphatic heterocycles. The van der Waals surface area contributed by atoms with E-state index in [4.69, 9.17) is 4.42 Å². The summed E-state index contributed by atoms with van der Waals surface area (Å²) < 4.78 is 5.72. The number of nitrogens with zero attached hydrogens (tertiary/aromatic N) is 2. The van der Waals surface area contributed by atoms with Gasteiger partial charge >= 0.3 is 0 Å². The Morgan fingerprint density at radius 2 is 1.88 bits per heavy atom. The Morgan fingerprint density at radius 3 is 2.69 bits per heavy atom. The van der Waals surface area contributed by atoms with Gasteiger partial charge in [-0.25, -0.2) is 0 Å². The summed E-state index contributed by atoms with van der Waals surface area (Å²) in [6.45, 7) is 4.06. The van der Waals surface area contributed by atoms with Gasteiger partial charge in [0.15, 0.2) is 5.78 Å². The molecular weight excluding hydrogens is 346 g/mol. The molecule has 0 aliphatic rings. The second-order valence-electron chi connectivity index (χ2n) is 6.21. The summed E-state index contributed by atoms with van der Waals surface area (Å²) in [4.78, 5) is 15.7. The number of para-hydroxylation sites is 1. The van der Waals surface area contributed by atoms with Gasteiger partial charge in [0, 0.05) is 28.2 Å². The quantitative estimate of drug-likeness (QED) is 0.407. The summed E-state index contributed by atoms with van der Waals surface area (Å²) in [6, 6.07) is 13.9. The Hall–Kier alpha value is -2.86. The van der Waals surface area contributed by atoms with Crippen LogP contribution in [-0.4, -0.2) is 26.7 Å². The number of hydrogen-bond donors (Lipinski definition) is 1. The third-order valence-electron chi connectivity index (χ3n) is 4.09. The molecule has 0 saturated carbocycles. The maximum absolute atomic E-state index is 12.5. The fourth-order valence-corrected chi connectivity index (χ4v) is 3.64. The highest BCUT2D eigenvalue weighted by molar-refractivity contribution is 7.99. The lowest BCUT2D eigenvalue weighted by Crippen LogP contribution is -2.01. The van der Waals surface area contributed by atoms with Crippen molar-refractivity contribution in [2.75, 3.05) is 5.75 Å². The summed E-state index contributed by atoms with van der Waals surface area (Å²) in [5.41, 5.74) is 4.81. The minimum Gasteiger partial charge on any atom is -0.411 e. The van der Waals surface area contributed by atoms with Crippen molar-refractivity contribution in [2.24, 2.45) is 0 Å². The third kappa shape index (κ3) is 3.28. The van der Waals surface area contributed by atoms with Gasteiger partial charge in [-0.15, -0.1) is 10.2 Å². The summed E-state index contributed by atoms with van der Waals surface area (Å²) in [5.74, 6) is 0.744. The Labute approximate surface area is 154 Å². The molecule has 5 nitrogen and oxygen atoms in total. The van der Waals surface area contributed by atoms with Gasteiger partial charge in [0.2, 0.25) is 5.89 Å². The van der Waals surface area contributed by atoms with Crippen LogP contribution in [0.1, 0.15) is 21.5 Å². The summed E-state index contributed by atoms with van der Waals surface area (Å²) in [7, 11) is 0. The molecule has 0 bridgehead atoms. The molecule has 0 fully saturated rings. The van der Waals surface area contributed by atoms with Crippen molar-refractivity contribution in [2.45, 2.75) is 19.1 Å². The highest BCUT2D eigenvalue weighted by Gasteiger charge is 2.15. The number of carbonyl (C=O) groups is 1. The standard InChI is InChI=1S/C20H17N3O2S/c1-12-7-13(2)9-14(8-12)19-22-23-20(25-19)26-11-18(24)16-10-21-17-6-4-3-5-15(16)17/h3-10,21H,11H2,1-2H3. The van der Waals surface area contributed by atoms with Crippen LogP contribution in [0.4, 0.5) is 0 Å². The van der Waals surface area contributed by atoms with Crippen LogP contribution in [0, 0.1) is 13.8 Å². The van der Waals surface area contributed by atoms with Crippen molar-refractivity contribution < 1.29 is 9.21 Å². The Morgan fingerprint density at radius 1 is 1.12 bits per heavy atom. The first-order valence-electron chi connectivity index (χ1n) is 8.24. The van der Waals surface area contributed by atoms with Gasteiger partial charge in [0.25, 0.3) is 5.22 Å². The number of fused-ring (bicyclic) bond motifs is 1. The van der Waals surface area contributed by atoms with Crippen LogP contribution in [0.5, 0.6) is 0 Å². The zero-order valence-electron chi connectivity index (χ0n) is 14.4. The molecule has 4 rings (SSSR count). The van der Waals surface area contributed by atoms with E-state index in [2.05, 4.69) is 21.2 Å². The minimum absolute atomic E-state index is 0.0265. The lowest BCUT2D eigenvalue weighted by Gasteiger charge is -2.00. The maximum Gasteiger partial charge on any atom is 0.277 e. The first-order chi connectivity index (χ1) is 12.6. The fraction of sp³-hybridized carbons (Fsp3) is 0.150. The molecule has 2 aromatic carbocycles. The van der Waals surface area contributed by atoms with E-state index in [1.165, 1.54) is 11.8 Å². The number of Topliss-reactive ketones (excluding diaryl/α,β-unsaturated/α-hetero) is 1. The number of rotatable bonds is 5. The second kappa shape index (κ2) is 6.80. The van der Waals surface area contributed by atoms with E-state index in [0.717, 1.165) is 27.6 Å². The van der Waals surface area contributed by atoms with Gasteiger partial charge < -0.3 is 9.40 Å². The van der Waals surface area contributed by atoms with E-state index in [9.17, 15) is 4.79 Å². The van der Waals surface area contributed by atoms with Crippen LogP contribution in [0.3, 0.4) is 0 Å². The third-order valence-corrected chi connectivity index (χ3v) is 4.91. The van der Waals surface area contributed by atoms with Crippen LogP contribution >= 0.6 is 11.8 Å². The van der Waals surface area contributed by atoms with Crippen molar-refractivity contribution >= 4 is 28.4 Å². The number of aryl methyl sites for hydroxylation is 2. The molecule has 0 radical (unpaired) electrons. The van der Waals surface area contributed by atoms with Crippen LogP contribution in [0.25, 0.3) is 22.4 Å².